The highest BCUT2D eigenvalue weighted by molar-refractivity contribution is 5.81. The Hall–Kier alpha value is -1.69. The third kappa shape index (κ3) is 1.52. The lowest BCUT2D eigenvalue weighted by atomic mass is 10.1. The fraction of sp³-hybridized carbons (Fsp3) is 0.444. The first kappa shape index (κ1) is 9.85. The number of fused-ring (bicyclic) bond motifs is 1. The maximum atomic E-state index is 5.69. The van der Waals surface area contributed by atoms with Crippen LogP contribution in [0.25, 0.3) is 11.2 Å². The van der Waals surface area contributed by atoms with Crippen LogP contribution in [0, 0.1) is 0 Å². The Bertz CT molecular complexity index is 490. The number of ether oxygens (including phenoxy) is 1. The molecule has 2 heterocycles. The van der Waals surface area contributed by atoms with Gasteiger partial charge in [-0.1, -0.05) is 0 Å². The number of aromatic nitrogens is 4. The van der Waals surface area contributed by atoms with Crippen LogP contribution in [-0.4, -0.2) is 27.0 Å². The zero-order chi connectivity index (χ0) is 11.1. The molecule has 6 nitrogen and oxygen atoms in total. The molecule has 0 atom stereocenters. The highest BCUT2D eigenvalue weighted by Gasteiger charge is 2.24. The van der Waals surface area contributed by atoms with E-state index in [-0.39, 0.29) is 0 Å². The molecule has 0 unspecified atom stereocenters. The van der Waals surface area contributed by atoms with Crippen molar-refractivity contribution in [2.45, 2.75) is 19.4 Å². The molecular formula is C9H13N5O. The Morgan fingerprint density at radius 1 is 1.40 bits per heavy atom. The van der Waals surface area contributed by atoms with Crippen molar-refractivity contribution in [2.24, 2.45) is 0 Å². The number of hydrogen-bond acceptors (Lipinski definition) is 5. The molecule has 0 saturated heterocycles. The molecule has 0 spiro atoms. The molecule has 0 fully saturated rings. The summed E-state index contributed by atoms with van der Waals surface area (Å²) in [6.45, 7) is 3.82. The van der Waals surface area contributed by atoms with Crippen molar-refractivity contribution in [3.05, 3.63) is 12.2 Å². The molecule has 6 heteroatoms. The summed E-state index contributed by atoms with van der Waals surface area (Å²) in [4.78, 5) is 15.3. The monoisotopic (exact) mass is 207 g/mol. The molecule has 0 aromatic carbocycles. The summed E-state index contributed by atoms with van der Waals surface area (Å²) < 4.78 is 5.31. The van der Waals surface area contributed by atoms with Crippen LogP contribution < -0.4 is 5.73 Å². The molecule has 0 aliphatic heterocycles. The number of hydrogen-bond donors (Lipinski definition) is 2. The van der Waals surface area contributed by atoms with Crippen LogP contribution in [0.5, 0.6) is 0 Å². The summed E-state index contributed by atoms with van der Waals surface area (Å²) in [6.07, 6.45) is 1.39. The molecule has 0 aliphatic rings. The molecule has 2 aromatic heterocycles. The van der Waals surface area contributed by atoms with E-state index in [9.17, 15) is 0 Å². The Morgan fingerprint density at radius 3 is 2.73 bits per heavy atom. The van der Waals surface area contributed by atoms with Crippen molar-refractivity contribution in [1.82, 2.24) is 19.9 Å². The van der Waals surface area contributed by atoms with Crippen molar-refractivity contribution in [1.29, 1.82) is 0 Å². The van der Waals surface area contributed by atoms with E-state index in [1.807, 2.05) is 13.8 Å². The molecule has 0 aliphatic carbocycles. The van der Waals surface area contributed by atoms with Gasteiger partial charge in [0.15, 0.2) is 11.5 Å². The zero-order valence-electron chi connectivity index (χ0n) is 8.90. The van der Waals surface area contributed by atoms with Gasteiger partial charge in [-0.15, -0.1) is 0 Å². The van der Waals surface area contributed by atoms with Crippen molar-refractivity contribution < 1.29 is 4.74 Å². The first-order chi connectivity index (χ1) is 7.04. The van der Waals surface area contributed by atoms with Gasteiger partial charge in [0.25, 0.3) is 0 Å². The molecule has 0 amide bonds. The van der Waals surface area contributed by atoms with Gasteiger partial charge in [0.05, 0.1) is 0 Å². The second-order valence-corrected chi connectivity index (χ2v) is 3.76. The highest BCUT2D eigenvalue weighted by Crippen LogP contribution is 2.24. The van der Waals surface area contributed by atoms with Crippen molar-refractivity contribution in [3.63, 3.8) is 0 Å². The summed E-state index contributed by atoms with van der Waals surface area (Å²) in [6, 6.07) is 0. The van der Waals surface area contributed by atoms with E-state index in [4.69, 9.17) is 10.5 Å². The Balaban J connectivity index is 2.62. The van der Waals surface area contributed by atoms with Crippen LogP contribution >= 0.6 is 0 Å². The van der Waals surface area contributed by atoms with E-state index < -0.39 is 5.60 Å². The standard InChI is InChI=1S/C9H13N5O/c1-9(2,15-3)8-13-5-6(10)11-4-12-7(5)14-8/h4H,1-3H3,(H3,10,11,12,13,14). The first-order valence-electron chi connectivity index (χ1n) is 4.56. The Labute approximate surface area is 86.9 Å². The highest BCUT2D eigenvalue weighted by atomic mass is 16.5. The van der Waals surface area contributed by atoms with Gasteiger partial charge in [-0.25, -0.2) is 15.0 Å². The Kier molecular flexibility index (Phi) is 2.08. The van der Waals surface area contributed by atoms with Crippen molar-refractivity contribution >= 4 is 17.0 Å². The second kappa shape index (κ2) is 3.16. The van der Waals surface area contributed by atoms with Gasteiger partial charge in [0, 0.05) is 7.11 Å². The lowest BCUT2D eigenvalue weighted by molar-refractivity contribution is 0.0124. The van der Waals surface area contributed by atoms with E-state index in [1.54, 1.807) is 7.11 Å². The number of aromatic amines is 1. The molecule has 80 valence electrons. The maximum Gasteiger partial charge on any atom is 0.183 e. The van der Waals surface area contributed by atoms with Gasteiger partial charge in [0.1, 0.15) is 23.3 Å². The number of H-pyrrole nitrogens is 1. The van der Waals surface area contributed by atoms with E-state index in [0.717, 1.165) is 0 Å². The van der Waals surface area contributed by atoms with Gasteiger partial charge >= 0.3 is 0 Å². The van der Waals surface area contributed by atoms with Gasteiger partial charge < -0.3 is 15.5 Å². The number of anilines is 1. The van der Waals surface area contributed by atoms with Gasteiger partial charge in [-0.2, -0.15) is 0 Å². The third-order valence-electron chi connectivity index (χ3n) is 2.40. The zero-order valence-corrected chi connectivity index (χ0v) is 8.90. The smallest absolute Gasteiger partial charge is 0.183 e. The second-order valence-electron chi connectivity index (χ2n) is 3.76. The summed E-state index contributed by atoms with van der Waals surface area (Å²) in [7, 11) is 1.63. The van der Waals surface area contributed by atoms with E-state index in [2.05, 4.69) is 19.9 Å². The molecule has 15 heavy (non-hydrogen) atoms. The SMILES string of the molecule is COC(C)(C)c1nc2ncnc(N)c2[nH]1. The minimum absolute atomic E-state index is 0.394. The molecule has 0 bridgehead atoms. The largest absolute Gasteiger partial charge is 0.382 e. The normalized spacial score (nSPS) is 12.2. The predicted molar refractivity (Wildman–Crippen MR) is 56.1 cm³/mol. The summed E-state index contributed by atoms with van der Waals surface area (Å²) in [5.74, 6) is 1.08. The fourth-order valence-electron chi connectivity index (χ4n) is 1.23. The number of nitrogen functional groups attached to an aromatic ring is 1. The van der Waals surface area contributed by atoms with E-state index >= 15 is 0 Å². The van der Waals surface area contributed by atoms with Gasteiger partial charge in [-0.3, -0.25) is 0 Å². The number of nitrogens with zero attached hydrogens (tertiary/aromatic N) is 3. The van der Waals surface area contributed by atoms with Gasteiger partial charge in [-0.05, 0) is 13.8 Å². The topological polar surface area (TPSA) is 89.7 Å². The fourth-order valence-corrected chi connectivity index (χ4v) is 1.23. The third-order valence-corrected chi connectivity index (χ3v) is 2.40. The van der Waals surface area contributed by atoms with Gasteiger partial charge in [0.2, 0.25) is 0 Å². The van der Waals surface area contributed by atoms with Crippen LogP contribution in [0.1, 0.15) is 19.7 Å². The number of methoxy groups -OCH3 is 1. The lowest BCUT2D eigenvalue weighted by Gasteiger charge is -2.19. The van der Waals surface area contributed by atoms with Crippen LogP contribution in [-0.2, 0) is 10.3 Å². The number of nitrogens with one attached hydrogen (secondary N) is 1. The van der Waals surface area contributed by atoms with Crippen LogP contribution in [0.15, 0.2) is 6.33 Å². The van der Waals surface area contributed by atoms with Crippen molar-refractivity contribution in [3.8, 4) is 0 Å². The van der Waals surface area contributed by atoms with E-state index in [0.29, 0.717) is 22.8 Å². The minimum Gasteiger partial charge on any atom is -0.382 e. The number of imidazole rings is 1. The molecule has 3 N–H and O–H groups in total. The molecule has 2 rings (SSSR count). The lowest BCUT2D eigenvalue weighted by Crippen LogP contribution is -2.21. The van der Waals surface area contributed by atoms with Crippen molar-refractivity contribution in [2.75, 3.05) is 12.8 Å². The maximum absolute atomic E-state index is 5.69. The van der Waals surface area contributed by atoms with Crippen LogP contribution in [0.4, 0.5) is 5.82 Å². The molecule has 0 saturated carbocycles. The summed E-state index contributed by atoms with van der Waals surface area (Å²) >= 11 is 0. The number of nitrogens with two attached hydrogens (primary N) is 1. The predicted octanol–water partition coefficient (Wildman–Crippen LogP) is 0.817. The molecular weight excluding hydrogens is 194 g/mol. The average molecular weight is 207 g/mol. The van der Waals surface area contributed by atoms with Crippen LogP contribution in [0.2, 0.25) is 0 Å². The minimum atomic E-state index is -0.493. The molecule has 2 aromatic rings. The van der Waals surface area contributed by atoms with Crippen LogP contribution in [0.3, 0.4) is 0 Å². The number of rotatable bonds is 2. The van der Waals surface area contributed by atoms with E-state index in [1.165, 1.54) is 6.33 Å². The quantitative estimate of drug-likeness (QED) is 0.760. The summed E-state index contributed by atoms with van der Waals surface area (Å²) in [5, 5.41) is 0. The molecule has 0 radical (unpaired) electrons. The first-order valence-corrected chi connectivity index (χ1v) is 4.56. The average Bonchev–Trinajstić information content (AvgIpc) is 2.64. The summed E-state index contributed by atoms with van der Waals surface area (Å²) in [5.41, 5.74) is 6.41. The Morgan fingerprint density at radius 2 is 2.13 bits per heavy atom.